The summed E-state index contributed by atoms with van der Waals surface area (Å²) in [5.41, 5.74) is 2.43. The van der Waals surface area contributed by atoms with E-state index in [1.165, 1.54) is 11.3 Å². The topological polar surface area (TPSA) is 24.1 Å². The molecule has 1 atom stereocenters. The lowest BCUT2D eigenvalue weighted by molar-refractivity contribution is 0.558. The van der Waals surface area contributed by atoms with Gasteiger partial charge in [0, 0.05) is 6.20 Å². The molecule has 1 aromatic rings. The van der Waals surface area contributed by atoms with Gasteiger partial charge in [0.15, 0.2) is 0 Å². The first-order valence-electron chi connectivity index (χ1n) is 4.68. The van der Waals surface area contributed by atoms with E-state index in [1.54, 1.807) is 0 Å². The summed E-state index contributed by atoms with van der Waals surface area (Å²) in [5, 5.41) is 6.69. The molecule has 0 spiro atoms. The highest BCUT2D eigenvalue weighted by atomic mass is 15.2. The first kappa shape index (κ1) is 8.17. The Morgan fingerprint density at radius 1 is 1.23 bits per heavy atom. The van der Waals surface area contributed by atoms with Crippen LogP contribution in [-0.2, 0) is 0 Å². The van der Waals surface area contributed by atoms with Crippen LogP contribution in [0.3, 0.4) is 0 Å². The van der Waals surface area contributed by atoms with Gasteiger partial charge in [0.05, 0.1) is 11.9 Å². The van der Waals surface area contributed by atoms with E-state index in [9.17, 15) is 0 Å². The summed E-state index contributed by atoms with van der Waals surface area (Å²) in [6, 6.07) is 10.4. The molecule has 1 aliphatic rings. The highest BCUT2D eigenvalue weighted by Gasteiger charge is 2.12. The second-order valence-corrected chi connectivity index (χ2v) is 3.20. The molecule has 0 amide bonds. The third kappa shape index (κ3) is 1.66. The highest BCUT2D eigenvalue weighted by molar-refractivity contribution is 5.65. The monoisotopic (exact) mass is 174 g/mol. The standard InChI is InChI=1S/C11H14N2/c1-2-11-12-8-10(13-11)9-6-4-3-5-7-9/h3-8,11-13H,2H2,1H3. The molecule has 1 aromatic carbocycles. The lowest BCUT2D eigenvalue weighted by Crippen LogP contribution is -2.30. The molecule has 0 aliphatic carbocycles. The van der Waals surface area contributed by atoms with Crippen LogP contribution < -0.4 is 10.6 Å². The van der Waals surface area contributed by atoms with Gasteiger partial charge in [-0.25, -0.2) is 0 Å². The number of hydrogen-bond acceptors (Lipinski definition) is 2. The van der Waals surface area contributed by atoms with Gasteiger partial charge in [-0.2, -0.15) is 0 Å². The predicted octanol–water partition coefficient (Wildman–Crippen LogP) is 1.91. The molecule has 0 aromatic heterocycles. The number of benzene rings is 1. The zero-order valence-electron chi connectivity index (χ0n) is 7.75. The first-order valence-corrected chi connectivity index (χ1v) is 4.68. The van der Waals surface area contributed by atoms with Gasteiger partial charge in [-0.05, 0) is 12.0 Å². The second kappa shape index (κ2) is 3.52. The van der Waals surface area contributed by atoms with E-state index in [4.69, 9.17) is 0 Å². The molecule has 1 heterocycles. The molecule has 68 valence electrons. The molecule has 2 rings (SSSR count). The number of rotatable bonds is 2. The summed E-state index contributed by atoms with van der Waals surface area (Å²) in [5.74, 6) is 0. The van der Waals surface area contributed by atoms with Gasteiger partial charge in [0.2, 0.25) is 0 Å². The molecule has 0 bridgehead atoms. The van der Waals surface area contributed by atoms with E-state index in [-0.39, 0.29) is 0 Å². The summed E-state index contributed by atoms with van der Waals surface area (Å²) in [6.45, 7) is 2.16. The normalized spacial score (nSPS) is 20.4. The van der Waals surface area contributed by atoms with Gasteiger partial charge in [0.1, 0.15) is 0 Å². The fourth-order valence-electron chi connectivity index (χ4n) is 1.46. The minimum atomic E-state index is 0.398. The van der Waals surface area contributed by atoms with Crippen LogP contribution in [0.5, 0.6) is 0 Å². The molecule has 2 N–H and O–H groups in total. The maximum absolute atomic E-state index is 3.41. The molecule has 2 nitrogen and oxygen atoms in total. The van der Waals surface area contributed by atoms with Crippen LogP contribution in [0.4, 0.5) is 0 Å². The Hall–Kier alpha value is -1.44. The highest BCUT2D eigenvalue weighted by Crippen LogP contribution is 2.14. The summed E-state index contributed by atoms with van der Waals surface area (Å²) in [4.78, 5) is 0. The number of hydrogen-bond donors (Lipinski definition) is 2. The molecule has 0 radical (unpaired) electrons. The summed E-state index contributed by atoms with van der Waals surface area (Å²) >= 11 is 0. The number of nitrogens with one attached hydrogen (secondary N) is 2. The largest absolute Gasteiger partial charge is 0.370 e. The summed E-state index contributed by atoms with van der Waals surface area (Å²) < 4.78 is 0. The van der Waals surface area contributed by atoms with Crippen LogP contribution in [0.1, 0.15) is 18.9 Å². The Balaban J connectivity index is 2.12. The van der Waals surface area contributed by atoms with Crippen LogP contribution in [0, 0.1) is 0 Å². The van der Waals surface area contributed by atoms with E-state index in [0.717, 1.165) is 6.42 Å². The van der Waals surface area contributed by atoms with Crippen molar-refractivity contribution in [2.45, 2.75) is 19.5 Å². The Morgan fingerprint density at radius 2 is 2.00 bits per heavy atom. The lowest BCUT2D eigenvalue weighted by Gasteiger charge is -2.10. The van der Waals surface area contributed by atoms with Gasteiger partial charge in [-0.3, -0.25) is 0 Å². The molecule has 1 unspecified atom stereocenters. The van der Waals surface area contributed by atoms with Crippen molar-refractivity contribution in [2.24, 2.45) is 0 Å². The third-order valence-corrected chi connectivity index (χ3v) is 2.25. The molecular weight excluding hydrogens is 160 g/mol. The Bertz CT molecular complexity index is 303. The van der Waals surface area contributed by atoms with Crippen LogP contribution in [0.25, 0.3) is 5.70 Å². The molecule has 1 aliphatic heterocycles. The van der Waals surface area contributed by atoms with Crippen molar-refractivity contribution in [3.63, 3.8) is 0 Å². The van der Waals surface area contributed by atoms with Gasteiger partial charge in [-0.1, -0.05) is 37.3 Å². The van der Waals surface area contributed by atoms with E-state index in [2.05, 4.69) is 41.8 Å². The maximum atomic E-state index is 3.41. The average Bonchev–Trinajstić information content (AvgIpc) is 2.67. The van der Waals surface area contributed by atoms with Crippen molar-refractivity contribution >= 4 is 5.70 Å². The van der Waals surface area contributed by atoms with Crippen LogP contribution in [0.2, 0.25) is 0 Å². The predicted molar refractivity (Wildman–Crippen MR) is 54.8 cm³/mol. The van der Waals surface area contributed by atoms with E-state index in [0.29, 0.717) is 6.17 Å². The first-order chi connectivity index (χ1) is 6.40. The van der Waals surface area contributed by atoms with Crippen molar-refractivity contribution in [1.82, 2.24) is 10.6 Å². The van der Waals surface area contributed by atoms with Crippen molar-refractivity contribution < 1.29 is 0 Å². The van der Waals surface area contributed by atoms with Crippen LogP contribution >= 0.6 is 0 Å². The van der Waals surface area contributed by atoms with Gasteiger partial charge >= 0.3 is 0 Å². The van der Waals surface area contributed by atoms with Crippen molar-refractivity contribution in [2.75, 3.05) is 0 Å². The van der Waals surface area contributed by atoms with Crippen molar-refractivity contribution in [3.8, 4) is 0 Å². The second-order valence-electron chi connectivity index (χ2n) is 3.20. The minimum absolute atomic E-state index is 0.398. The zero-order chi connectivity index (χ0) is 9.10. The van der Waals surface area contributed by atoms with Gasteiger partial charge in [0.25, 0.3) is 0 Å². The van der Waals surface area contributed by atoms with Crippen molar-refractivity contribution in [1.29, 1.82) is 0 Å². The Morgan fingerprint density at radius 3 is 2.62 bits per heavy atom. The lowest BCUT2D eigenvalue weighted by atomic mass is 10.2. The molecular formula is C11H14N2. The van der Waals surface area contributed by atoms with Gasteiger partial charge in [-0.15, -0.1) is 0 Å². The maximum Gasteiger partial charge on any atom is 0.0957 e. The van der Waals surface area contributed by atoms with E-state index >= 15 is 0 Å². The summed E-state index contributed by atoms with van der Waals surface area (Å²) in [6.07, 6.45) is 3.53. The smallest absolute Gasteiger partial charge is 0.0957 e. The molecule has 0 saturated heterocycles. The molecule has 13 heavy (non-hydrogen) atoms. The molecule has 2 heteroatoms. The fraction of sp³-hybridized carbons (Fsp3) is 0.273. The minimum Gasteiger partial charge on any atom is -0.370 e. The molecule has 0 fully saturated rings. The fourth-order valence-corrected chi connectivity index (χ4v) is 1.46. The Kier molecular flexibility index (Phi) is 2.21. The average molecular weight is 174 g/mol. The van der Waals surface area contributed by atoms with E-state index < -0.39 is 0 Å². The Labute approximate surface area is 78.7 Å². The van der Waals surface area contributed by atoms with E-state index in [1.807, 2.05) is 12.3 Å². The van der Waals surface area contributed by atoms with Crippen LogP contribution in [-0.4, -0.2) is 6.17 Å². The molecule has 0 saturated carbocycles. The van der Waals surface area contributed by atoms with Crippen LogP contribution in [0.15, 0.2) is 36.5 Å². The van der Waals surface area contributed by atoms with Gasteiger partial charge < -0.3 is 10.6 Å². The summed E-state index contributed by atoms with van der Waals surface area (Å²) in [7, 11) is 0. The quantitative estimate of drug-likeness (QED) is 0.715. The zero-order valence-corrected chi connectivity index (χ0v) is 7.75. The third-order valence-electron chi connectivity index (χ3n) is 2.25. The SMILES string of the molecule is CCC1NC=C(c2ccccc2)N1. The van der Waals surface area contributed by atoms with Crippen molar-refractivity contribution in [3.05, 3.63) is 42.1 Å².